The molecule has 0 amide bonds. The highest BCUT2D eigenvalue weighted by Crippen LogP contribution is 2.39. The second-order valence-corrected chi connectivity index (χ2v) is 7.63. The van der Waals surface area contributed by atoms with E-state index in [1.165, 1.54) is 24.1 Å². The number of anilines is 1. The third-order valence-electron chi connectivity index (χ3n) is 5.42. The first-order chi connectivity index (χ1) is 12.7. The van der Waals surface area contributed by atoms with Crippen LogP contribution in [0.25, 0.3) is 10.9 Å². The molecule has 1 aliphatic carbocycles. The van der Waals surface area contributed by atoms with E-state index in [-0.39, 0.29) is 11.6 Å². The lowest BCUT2D eigenvalue weighted by Crippen LogP contribution is -2.36. The summed E-state index contributed by atoms with van der Waals surface area (Å²) in [5, 5.41) is 17.3. The summed E-state index contributed by atoms with van der Waals surface area (Å²) in [7, 11) is 0. The Morgan fingerprint density at radius 2 is 2.12 bits per heavy atom. The van der Waals surface area contributed by atoms with Crippen LogP contribution in [0.15, 0.2) is 29.1 Å². The summed E-state index contributed by atoms with van der Waals surface area (Å²) in [6.45, 7) is 1.49. The van der Waals surface area contributed by atoms with Crippen molar-refractivity contribution in [3.8, 4) is 0 Å². The first kappa shape index (κ1) is 15.7. The van der Waals surface area contributed by atoms with E-state index in [1.54, 1.807) is 0 Å². The lowest BCUT2D eigenvalue weighted by Gasteiger charge is -2.30. The van der Waals surface area contributed by atoms with Crippen molar-refractivity contribution in [2.24, 2.45) is 5.92 Å². The van der Waals surface area contributed by atoms with Crippen molar-refractivity contribution in [2.75, 3.05) is 18.5 Å². The molecule has 26 heavy (non-hydrogen) atoms. The lowest BCUT2D eigenvalue weighted by molar-refractivity contribution is 0.0463. The van der Waals surface area contributed by atoms with Crippen molar-refractivity contribution in [2.45, 2.75) is 37.6 Å². The molecule has 1 saturated heterocycles. The number of benzene rings is 1. The molecule has 2 atom stereocenters. The summed E-state index contributed by atoms with van der Waals surface area (Å²) in [4.78, 5) is 11.6. The molecule has 2 aliphatic rings. The van der Waals surface area contributed by atoms with Gasteiger partial charge in [0, 0.05) is 24.3 Å². The van der Waals surface area contributed by atoms with Gasteiger partial charge in [-0.1, -0.05) is 6.07 Å². The van der Waals surface area contributed by atoms with Gasteiger partial charge in [-0.05, 0) is 49.3 Å². The number of nitrogens with one attached hydrogen (secondary N) is 4. The molecule has 2 aromatic heterocycles. The Morgan fingerprint density at radius 3 is 3.00 bits per heavy atom. The van der Waals surface area contributed by atoms with E-state index in [4.69, 9.17) is 4.74 Å². The van der Waals surface area contributed by atoms with Gasteiger partial charge in [-0.15, -0.1) is 0 Å². The van der Waals surface area contributed by atoms with Crippen LogP contribution in [0.1, 0.15) is 36.4 Å². The molecule has 136 valence electrons. The maximum absolute atomic E-state index is 11.6. The largest absolute Gasteiger partial charge is 0.379 e. The molecule has 3 heterocycles. The Bertz CT molecular complexity index is 968. The zero-order chi connectivity index (χ0) is 17.5. The molecule has 0 radical (unpaired) electrons. The van der Waals surface area contributed by atoms with Crippen LogP contribution in [-0.2, 0) is 11.2 Å². The summed E-state index contributed by atoms with van der Waals surface area (Å²) in [5.74, 6) is 2.06. The predicted octanol–water partition coefficient (Wildman–Crippen LogP) is 2.52. The number of aromatic amines is 3. The summed E-state index contributed by atoms with van der Waals surface area (Å²) < 4.78 is 5.83. The Morgan fingerprint density at radius 1 is 1.19 bits per heavy atom. The molecule has 1 aliphatic heterocycles. The van der Waals surface area contributed by atoms with Gasteiger partial charge < -0.3 is 10.1 Å². The van der Waals surface area contributed by atoms with Crippen molar-refractivity contribution >= 4 is 16.7 Å². The molecule has 0 bridgehead atoms. The fourth-order valence-electron chi connectivity index (χ4n) is 3.93. The molecule has 3 aromatic rings. The Labute approximate surface area is 150 Å². The van der Waals surface area contributed by atoms with Crippen LogP contribution >= 0.6 is 0 Å². The maximum Gasteiger partial charge on any atom is 0.271 e. The van der Waals surface area contributed by atoms with Crippen molar-refractivity contribution in [3.63, 3.8) is 0 Å². The summed E-state index contributed by atoms with van der Waals surface area (Å²) in [6.07, 6.45) is 4.53. The highest BCUT2D eigenvalue weighted by Gasteiger charge is 2.27. The maximum atomic E-state index is 11.6. The Kier molecular flexibility index (Phi) is 3.81. The number of fused-ring (bicyclic) bond motifs is 1. The Hall–Kier alpha value is -2.54. The van der Waals surface area contributed by atoms with E-state index in [0.29, 0.717) is 23.8 Å². The van der Waals surface area contributed by atoms with E-state index >= 15 is 0 Å². The van der Waals surface area contributed by atoms with Crippen LogP contribution in [0, 0.1) is 5.92 Å². The smallest absolute Gasteiger partial charge is 0.271 e. The fraction of sp³-hybridized carbons (Fsp3) is 0.474. The Balaban J connectivity index is 1.23. The van der Waals surface area contributed by atoms with E-state index in [9.17, 15) is 4.79 Å². The van der Waals surface area contributed by atoms with Crippen molar-refractivity contribution < 1.29 is 4.74 Å². The quantitative estimate of drug-likeness (QED) is 0.566. The number of ether oxygens (including phenoxy) is 1. The molecule has 4 N–H and O–H groups in total. The molecule has 7 heteroatoms. The van der Waals surface area contributed by atoms with E-state index in [1.807, 2.05) is 12.1 Å². The second kappa shape index (κ2) is 6.32. The molecule has 7 nitrogen and oxygen atoms in total. The van der Waals surface area contributed by atoms with Crippen molar-refractivity contribution in [3.05, 3.63) is 45.9 Å². The third-order valence-corrected chi connectivity index (χ3v) is 5.42. The van der Waals surface area contributed by atoms with Crippen LogP contribution in [0.3, 0.4) is 0 Å². The number of hydrogen-bond donors (Lipinski definition) is 4. The normalized spacial score (nSPS) is 23.4. The first-order valence-electron chi connectivity index (χ1n) is 9.33. The van der Waals surface area contributed by atoms with Gasteiger partial charge in [0.05, 0.1) is 23.6 Å². The number of aromatic nitrogens is 4. The SMILES string of the molecule is O=c1[nH][nH]c2cc(CC3COCC(Nc4cc(C5CC5)[nH]n4)C3)ccc12. The zero-order valence-electron chi connectivity index (χ0n) is 14.5. The van der Waals surface area contributed by atoms with Crippen LogP contribution in [0.5, 0.6) is 0 Å². The van der Waals surface area contributed by atoms with E-state index < -0.39 is 0 Å². The predicted molar refractivity (Wildman–Crippen MR) is 99.5 cm³/mol. The summed E-state index contributed by atoms with van der Waals surface area (Å²) >= 11 is 0. The molecule has 0 spiro atoms. The number of hydrogen-bond acceptors (Lipinski definition) is 4. The lowest BCUT2D eigenvalue weighted by atomic mass is 9.91. The highest BCUT2D eigenvalue weighted by molar-refractivity contribution is 5.78. The van der Waals surface area contributed by atoms with Gasteiger partial charge in [0.2, 0.25) is 0 Å². The van der Waals surface area contributed by atoms with Gasteiger partial charge in [-0.2, -0.15) is 5.10 Å². The van der Waals surface area contributed by atoms with Crippen LogP contribution in [0.2, 0.25) is 0 Å². The van der Waals surface area contributed by atoms with Crippen LogP contribution in [-0.4, -0.2) is 39.7 Å². The minimum absolute atomic E-state index is 0.0682. The monoisotopic (exact) mass is 353 g/mol. The summed E-state index contributed by atoms with van der Waals surface area (Å²) in [5.41, 5.74) is 3.26. The fourth-order valence-corrected chi connectivity index (χ4v) is 3.93. The minimum Gasteiger partial charge on any atom is -0.379 e. The van der Waals surface area contributed by atoms with Gasteiger partial charge >= 0.3 is 0 Å². The standard InChI is InChI=1S/C19H23N5O2/c25-19-15-4-1-11(7-17(15)22-24-19)5-12-6-14(10-26-9-12)20-18-8-16(21-23-18)13-2-3-13/h1,4,7-8,12-14H,2-3,5-6,9-10H2,(H2,20,21,23)(H2,22,24,25). The average molecular weight is 353 g/mol. The second-order valence-electron chi connectivity index (χ2n) is 7.63. The third kappa shape index (κ3) is 3.14. The van der Waals surface area contributed by atoms with Crippen LogP contribution < -0.4 is 10.9 Å². The van der Waals surface area contributed by atoms with Gasteiger partial charge in [0.25, 0.3) is 5.56 Å². The number of nitrogens with zero attached hydrogens (tertiary/aromatic N) is 1. The molecule has 1 aromatic carbocycles. The summed E-state index contributed by atoms with van der Waals surface area (Å²) in [6, 6.07) is 8.40. The van der Waals surface area contributed by atoms with Gasteiger partial charge in [0.1, 0.15) is 5.82 Å². The average Bonchev–Trinajstić information content (AvgIpc) is 3.29. The van der Waals surface area contributed by atoms with Gasteiger partial charge in [0.15, 0.2) is 0 Å². The molecule has 2 fully saturated rings. The minimum atomic E-state index is -0.0682. The first-order valence-corrected chi connectivity index (χ1v) is 9.33. The van der Waals surface area contributed by atoms with E-state index in [2.05, 4.69) is 37.8 Å². The molecular formula is C19H23N5O2. The van der Waals surface area contributed by atoms with E-state index in [0.717, 1.165) is 30.8 Å². The number of H-pyrrole nitrogens is 3. The topological polar surface area (TPSA) is 98.6 Å². The zero-order valence-corrected chi connectivity index (χ0v) is 14.5. The van der Waals surface area contributed by atoms with Gasteiger partial charge in [-0.3, -0.25) is 20.1 Å². The van der Waals surface area contributed by atoms with Crippen molar-refractivity contribution in [1.29, 1.82) is 0 Å². The van der Waals surface area contributed by atoms with Crippen LogP contribution in [0.4, 0.5) is 5.82 Å². The number of rotatable bonds is 5. The molecule has 1 saturated carbocycles. The molecule has 5 rings (SSSR count). The van der Waals surface area contributed by atoms with Crippen molar-refractivity contribution in [1.82, 2.24) is 20.4 Å². The molecular weight excluding hydrogens is 330 g/mol. The highest BCUT2D eigenvalue weighted by atomic mass is 16.5. The van der Waals surface area contributed by atoms with Gasteiger partial charge in [-0.25, -0.2) is 0 Å². The molecule has 2 unspecified atom stereocenters.